The molecule has 0 unspecified atom stereocenters. The molecular weight excluding hydrogens is 369 g/mol. The Morgan fingerprint density at radius 1 is 1.32 bits per heavy atom. The Labute approximate surface area is 134 Å². The number of hydrogen-bond donors (Lipinski definition) is 1. The number of thiophene rings is 1. The summed E-state index contributed by atoms with van der Waals surface area (Å²) >= 11 is 17.1. The van der Waals surface area contributed by atoms with E-state index in [9.17, 15) is 0 Å². The summed E-state index contributed by atoms with van der Waals surface area (Å²) in [6.45, 7) is 1.39. The van der Waals surface area contributed by atoms with Crippen molar-refractivity contribution in [1.82, 2.24) is 5.32 Å². The van der Waals surface area contributed by atoms with Crippen molar-refractivity contribution in [1.29, 1.82) is 0 Å². The Hall–Kier alpha value is -0.260. The van der Waals surface area contributed by atoms with Crippen molar-refractivity contribution in [3.63, 3.8) is 0 Å². The van der Waals surface area contributed by atoms with Gasteiger partial charge in [0.2, 0.25) is 0 Å². The number of ether oxygens (including phenoxy) is 1. The number of rotatable bonds is 5. The van der Waals surface area contributed by atoms with Gasteiger partial charge in [-0.05, 0) is 34.1 Å². The second-order valence-corrected chi connectivity index (χ2v) is 6.86. The van der Waals surface area contributed by atoms with Crippen molar-refractivity contribution in [2.24, 2.45) is 0 Å². The molecule has 0 aliphatic heterocycles. The van der Waals surface area contributed by atoms with Crippen molar-refractivity contribution in [3.05, 3.63) is 48.5 Å². The predicted molar refractivity (Wildman–Crippen MR) is 85.6 cm³/mol. The van der Waals surface area contributed by atoms with Gasteiger partial charge >= 0.3 is 0 Å². The lowest BCUT2D eigenvalue weighted by atomic mass is 10.2. The molecule has 102 valence electrons. The number of halogens is 3. The van der Waals surface area contributed by atoms with E-state index < -0.39 is 0 Å². The first-order valence-electron chi connectivity index (χ1n) is 5.57. The van der Waals surface area contributed by atoms with Gasteiger partial charge in [0.05, 0.1) is 7.11 Å². The molecule has 0 aliphatic rings. The lowest BCUT2D eigenvalue weighted by Crippen LogP contribution is -2.13. The Bertz CT molecular complexity index is 554. The van der Waals surface area contributed by atoms with Crippen LogP contribution in [0.4, 0.5) is 0 Å². The normalized spacial score (nSPS) is 10.7. The lowest BCUT2D eigenvalue weighted by molar-refractivity contribution is 0.408. The van der Waals surface area contributed by atoms with Crippen LogP contribution in [0, 0.1) is 0 Å². The second kappa shape index (κ2) is 6.95. The third-order valence-corrected chi connectivity index (χ3v) is 5.42. The van der Waals surface area contributed by atoms with Crippen LogP contribution in [0.25, 0.3) is 0 Å². The van der Waals surface area contributed by atoms with Crippen LogP contribution < -0.4 is 10.1 Å². The van der Waals surface area contributed by atoms with Gasteiger partial charge in [0, 0.05) is 33.0 Å². The zero-order valence-electron chi connectivity index (χ0n) is 10.2. The maximum absolute atomic E-state index is 6.17. The molecular formula is C13H12BrCl2NOS. The van der Waals surface area contributed by atoms with Crippen molar-refractivity contribution in [2.75, 3.05) is 7.11 Å². The number of nitrogens with one attached hydrogen (secondary N) is 1. The van der Waals surface area contributed by atoms with Crippen LogP contribution in [0.5, 0.6) is 5.75 Å². The van der Waals surface area contributed by atoms with Crippen LogP contribution in [0.1, 0.15) is 10.4 Å². The minimum Gasteiger partial charge on any atom is -0.496 e. The summed E-state index contributed by atoms with van der Waals surface area (Å²) in [4.78, 5) is 1.17. The Balaban J connectivity index is 1.99. The lowest BCUT2D eigenvalue weighted by Gasteiger charge is -2.10. The average Bonchev–Trinajstić information content (AvgIpc) is 2.70. The van der Waals surface area contributed by atoms with Gasteiger partial charge in [-0.3, -0.25) is 0 Å². The van der Waals surface area contributed by atoms with Crippen molar-refractivity contribution >= 4 is 50.5 Å². The number of methoxy groups -OCH3 is 1. The molecule has 0 saturated heterocycles. The molecule has 0 radical (unpaired) electrons. The molecule has 1 aromatic carbocycles. The molecule has 0 spiro atoms. The van der Waals surface area contributed by atoms with Crippen molar-refractivity contribution in [3.8, 4) is 5.75 Å². The van der Waals surface area contributed by atoms with Gasteiger partial charge < -0.3 is 10.1 Å². The molecule has 6 heteroatoms. The molecule has 0 bridgehead atoms. The van der Waals surface area contributed by atoms with E-state index in [1.165, 1.54) is 4.88 Å². The zero-order valence-corrected chi connectivity index (χ0v) is 14.1. The van der Waals surface area contributed by atoms with E-state index in [2.05, 4.69) is 21.2 Å². The van der Waals surface area contributed by atoms with E-state index in [1.807, 2.05) is 24.3 Å². The molecule has 0 aliphatic carbocycles. The largest absolute Gasteiger partial charge is 0.496 e. The van der Waals surface area contributed by atoms with Gasteiger partial charge in [0.15, 0.2) is 0 Å². The average molecular weight is 381 g/mol. The van der Waals surface area contributed by atoms with Crippen LogP contribution in [0.3, 0.4) is 0 Å². The van der Waals surface area contributed by atoms with E-state index in [1.54, 1.807) is 18.4 Å². The Morgan fingerprint density at radius 2 is 2.11 bits per heavy atom. The first-order chi connectivity index (χ1) is 9.11. The monoisotopic (exact) mass is 379 g/mol. The van der Waals surface area contributed by atoms with Crippen LogP contribution >= 0.6 is 50.5 Å². The Kier molecular flexibility index (Phi) is 5.54. The highest BCUT2D eigenvalue weighted by Gasteiger charge is 2.08. The van der Waals surface area contributed by atoms with E-state index in [0.717, 1.165) is 26.7 Å². The summed E-state index contributed by atoms with van der Waals surface area (Å²) in [6.07, 6.45) is 0. The van der Waals surface area contributed by atoms with Crippen molar-refractivity contribution in [2.45, 2.75) is 13.1 Å². The summed E-state index contributed by atoms with van der Waals surface area (Å²) in [6, 6.07) is 7.66. The van der Waals surface area contributed by atoms with Crippen LogP contribution in [0.15, 0.2) is 28.7 Å². The van der Waals surface area contributed by atoms with E-state index in [4.69, 9.17) is 27.9 Å². The van der Waals surface area contributed by atoms with E-state index in [0.29, 0.717) is 11.6 Å². The fourth-order valence-corrected chi connectivity index (χ4v) is 3.68. The van der Waals surface area contributed by atoms with E-state index in [-0.39, 0.29) is 0 Å². The van der Waals surface area contributed by atoms with Gasteiger partial charge in [-0.25, -0.2) is 0 Å². The maximum atomic E-state index is 6.17. The zero-order chi connectivity index (χ0) is 13.8. The van der Waals surface area contributed by atoms with Gasteiger partial charge in [-0.15, -0.1) is 11.3 Å². The molecule has 2 rings (SSSR count). The fraction of sp³-hybridized carbons (Fsp3) is 0.231. The van der Waals surface area contributed by atoms with Crippen LogP contribution in [0.2, 0.25) is 9.36 Å². The molecule has 2 aromatic rings. The van der Waals surface area contributed by atoms with Crippen molar-refractivity contribution < 1.29 is 4.74 Å². The molecule has 1 heterocycles. The predicted octanol–water partition coefficient (Wildman–Crippen LogP) is 5.12. The van der Waals surface area contributed by atoms with Gasteiger partial charge in [0.1, 0.15) is 10.1 Å². The highest BCUT2D eigenvalue weighted by molar-refractivity contribution is 9.10. The minimum atomic E-state index is 0.649. The third-order valence-electron chi connectivity index (χ3n) is 2.59. The Morgan fingerprint density at radius 3 is 2.74 bits per heavy atom. The number of hydrogen-bond acceptors (Lipinski definition) is 3. The number of benzene rings is 1. The topological polar surface area (TPSA) is 21.3 Å². The summed E-state index contributed by atoms with van der Waals surface area (Å²) < 4.78 is 7.01. The summed E-state index contributed by atoms with van der Waals surface area (Å²) in [5, 5.41) is 4.05. The van der Waals surface area contributed by atoms with Gasteiger partial charge in [-0.2, -0.15) is 0 Å². The molecule has 2 nitrogen and oxygen atoms in total. The summed E-state index contributed by atoms with van der Waals surface area (Å²) in [5.41, 5.74) is 0.966. The quantitative estimate of drug-likeness (QED) is 0.777. The van der Waals surface area contributed by atoms with Gasteiger partial charge in [-0.1, -0.05) is 29.3 Å². The fourth-order valence-electron chi connectivity index (χ4n) is 1.69. The molecule has 1 N–H and O–H groups in total. The second-order valence-electron chi connectivity index (χ2n) is 3.86. The first kappa shape index (κ1) is 15.1. The smallest absolute Gasteiger partial charge is 0.124 e. The van der Waals surface area contributed by atoms with Crippen LogP contribution in [-0.2, 0) is 13.1 Å². The maximum Gasteiger partial charge on any atom is 0.124 e. The molecule has 0 amide bonds. The standard InChI is InChI=1S/C13H12BrCl2NOS/c1-18-12-4-2-3-11(15)9(12)7-17-6-8-5-10(14)13(16)19-8/h2-5,17H,6-7H2,1H3. The summed E-state index contributed by atoms with van der Waals surface area (Å²) in [7, 11) is 1.64. The molecule has 19 heavy (non-hydrogen) atoms. The molecule has 1 aromatic heterocycles. The minimum absolute atomic E-state index is 0.649. The third kappa shape index (κ3) is 3.86. The van der Waals surface area contributed by atoms with Gasteiger partial charge in [0.25, 0.3) is 0 Å². The highest BCUT2D eigenvalue weighted by atomic mass is 79.9. The summed E-state index contributed by atoms with van der Waals surface area (Å²) in [5.74, 6) is 0.797. The van der Waals surface area contributed by atoms with E-state index >= 15 is 0 Å². The first-order valence-corrected chi connectivity index (χ1v) is 7.94. The SMILES string of the molecule is COc1cccc(Cl)c1CNCc1cc(Br)c(Cl)s1. The molecule has 0 fully saturated rings. The molecule has 0 atom stereocenters. The highest BCUT2D eigenvalue weighted by Crippen LogP contribution is 2.32. The van der Waals surface area contributed by atoms with Crippen LogP contribution in [-0.4, -0.2) is 7.11 Å². The molecule has 0 saturated carbocycles.